The molecule has 0 spiro atoms. The van der Waals surface area contributed by atoms with E-state index in [1.165, 1.54) is 16.1 Å². The second kappa shape index (κ2) is 6.90. The van der Waals surface area contributed by atoms with E-state index < -0.39 is 0 Å². The fourth-order valence-electron chi connectivity index (χ4n) is 3.45. The summed E-state index contributed by atoms with van der Waals surface area (Å²) in [6.45, 7) is 2.90. The summed E-state index contributed by atoms with van der Waals surface area (Å²) < 4.78 is 1.25. The van der Waals surface area contributed by atoms with Crippen LogP contribution in [0.25, 0.3) is 10.2 Å². The van der Waals surface area contributed by atoms with E-state index in [1.807, 2.05) is 18.2 Å². The molecule has 0 aliphatic carbocycles. The number of nitro groups is 1. The van der Waals surface area contributed by atoms with Gasteiger partial charge in [0.2, 0.25) is 0 Å². The van der Waals surface area contributed by atoms with Crippen LogP contribution in [0.1, 0.15) is 29.3 Å². The number of benzene rings is 2. The van der Waals surface area contributed by atoms with Gasteiger partial charge in [-0.05, 0) is 37.1 Å². The molecule has 0 unspecified atom stereocenters. The number of nitro benzene ring substituents is 1. The van der Waals surface area contributed by atoms with E-state index in [-0.39, 0.29) is 10.6 Å². The zero-order valence-corrected chi connectivity index (χ0v) is 14.6. The van der Waals surface area contributed by atoms with Crippen LogP contribution in [0.15, 0.2) is 48.5 Å². The lowest BCUT2D eigenvalue weighted by molar-refractivity contribution is -0.384. The number of para-hydroxylation sites is 1. The third-order valence-corrected chi connectivity index (χ3v) is 5.92. The average Bonchev–Trinajstić information content (AvgIpc) is 3.07. The van der Waals surface area contributed by atoms with Crippen LogP contribution >= 0.6 is 11.3 Å². The number of likely N-dealkylation sites (tertiary alicyclic amines) is 1. The van der Waals surface area contributed by atoms with Gasteiger partial charge in [0, 0.05) is 31.1 Å². The number of aromatic nitrogens is 1. The summed E-state index contributed by atoms with van der Waals surface area (Å²) in [6.07, 6.45) is 2.34. The Labute approximate surface area is 150 Å². The van der Waals surface area contributed by atoms with Gasteiger partial charge in [-0.2, -0.15) is 0 Å². The minimum atomic E-state index is -0.353. The molecule has 0 bridgehead atoms. The average molecular weight is 353 g/mol. The Bertz CT molecular complexity index is 858. The smallest absolute Gasteiger partial charge is 0.269 e. The molecule has 2 heterocycles. The molecule has 1 aliphatic heterocycles. The lowest BCUT2D eigenvalue weighted by Gasteiger charge is -2.31. The van der Waals surface area contributed by atoms with Crippen LogP contribution in [0.2, 0.25) is 0 Å². The minimum Gasteiger partial charge on any atom is -0.298 e. The van der Waals surface area contributed by atoms with Gasteiger partial charge in [0.1, 0.15) is 0 Å². The number of hydrogen-bond acceptors (Lipinski definition) is 5. The Morgan fingerprint density at radius 2 is 2.00 bits per heavy atom. The Hall–Kier alpha value is -2.31. The normalized spacial score (nSPS) is 18.5. The quantitative estimate of drug-likeness (QED) is 0.509. The molecule has 1 aliphatic rings. The van der Waals surface area contributed by atoms with Gasteiger partial charge in [-0.3, -0.25) is 15.0 Å². The molecule has 0 radical (unpaired) electrons. The van der Waals surface area contributed by atoms with Crippen molar-refractivity contribution in [1.29, 1.82) is 0 Å². The number of piperidine rings is 1. The number of hydrogen-bond donors (Lipinski definition) is 0. The van der Waals surface area contributed by atoms with Crippen molar-refractivity contribution in [1.82, 2.24) is 9.88 Å². The molecule has 4 rings (SSSR count). The third-order valence-electron chi connectivity index (χ3n) is 4.72. The van der Waals surface area contributed by atoms with Crippen LogP contribution in [0, 0.1) is 10.1 Å². The van der Waals surface area contributed by atoms with Crippen LogP contribution < -0.4 is 0 Å². The van der Waals surface area contributed by atoms with Gasteiger partial charge < -0.3 is 0 Å². The predicted molar refractivity (Wildman–Crippen MR) is 100.0 cm³/mol. The standard InChI is InChI=1S/C19H19N3O2S/c23-22(24)16-9-7-14(8-10-16)12-21-11-3-4-15(13-21)19-20-17-5-1-2-6-18(17)25-19/h1-2,5-10,15H,3-4,11-13H2/t15-/m1/s1. The summed E-state index contributed by atoms with van der Waals surface area (Å²) in [5.41, 5.74) is 2.36. The van der Waals surface area contributed by atoms with E-state index in [1.54, 1.807) is 23.5 Å². The molecule has 5 nitrogen and oxygen atoms in total. The maximum atomic E-state index is 10.8. The second-order valence-corrected chi connectivity index (χ2v) is 7.58. The Morgan fingerprint density at radius 1 is 1.20 bits per heavy atom. The van der Waals surface area contributed by atoms with Crippen molar-refractivity contribution in [3.8, 4) is 0 Å². The molecule has 128 valence electrons. The molecule has 1 fully saturated rings. The van der Waals surface area contributed by atoms with E-state index in [9.17, 15) is 10.1 Å². The van der Waals surface area contributed by atoms with Crippen LogP contribution in [-0.4, -0.2) is 27.9 Å². The first kappa shape index (κ1) is 16.2. The molecule has 25 heavy (non-hydrogen) atoms. The Morgan fingerprint density at radius 3 is 2.76 bits per heavy atom. The van der Waals surface area contributed by atoms with Gasteiger partial charge >= 0.3 is 0 Å². The van der Waals surface area contributed by atoms with E-state index in [2.05, 4.69) is 23.1 Å². The number of thiazole rings is 1. The van der Waals surface area contributed by atoms with Crippen LogP contribution in [0.5, 0.6) is 0 Å². The first-order chi connectivity index (χ1) is 12.2. The van der Waals surface area contributed by atoms with Crippen molar-refractivity contribution in [3.63, 3.8) is 0 Å². The zero-order chi connectivity index (χ0) is 17.2. The summed E-state index contributed by atoms with van der Waals surface area (Å²) in [6, 6.07) is 15.2. The maximum Gasteiger partial charge on any atom is 0.269 e. The highest BCUT2D eigenvalue weighted by Gasteiger charge is 2.24. The van der Waals surface area contributed by atoms with Gasteiger partial charge in [0.15, 0.2) is 0 Å². The first-order valence-electron chi connectivity index (χ1n) is 8.50. The van der Waals surface area contributed by atoms with Gasteiger partial charge in [-0.25, -0.2) is 4.98 Å². The summed E-state index contributed by atoms with van der Waals surface area (Å²) in [4.78, 5) is 17.7. The Kier molecular flexibility index (Phi) is 4.46. The van der Waals surface area contributed by atoms with Crippen LogP contribution in [0.4, 0.5) is 5.69 Å². The zero-order valence-electron chi connectivity index (χ0n) is 13.8. The predicted octanol–water partition coefficient (Wildman–Crippen LogP) is 4.58. The molecule has 0 saturated carbocycles. The number of non-ortho nitro benzene ring substituents is 1. The highest BCUT2D eigenvalue weighted by molar-refractivity contribution is 7.18. The Balaban J connectivity index is 1.46. The summed E-state index contributed by atoms with van der Waals surface area (Å²) >= 11 is 1.80. The molecule has 1 aromatic heterocycles. The summed E-state index contributed by atoms with van der Waals surface area (Å²) in [5.74, 6) is 0.476. The third kappa shape index (κ3) is 3.55. The van der Waals surface area contributed by atoms with E-state index >= 15 is 0 Å². The lowest BCUT2D eigenvalue weighted by atomic mass is 9.98. The van der Waals surface area contributed by atoms with E-state index in [0.717, 1.165) is 37.1 Å². The van der Waals surface area contributed by atoms with Gasteiger partial charge in [0.05, 0.1) is 20.1 Å². The summed E-state index contributed by atoms with van der Waals surface area (Å²) in [5, 5.41) is 12.0. The maximum absolute atomic E-state index is 10.8. The molecule has 6 heteroatoms. The summed E-state index contributed by atoms with van der Waals surface area (Å²) in [7, 11) is 0. The lowest BCUT2D eigenvalue weighted by Crippen LogP contribution is -2.33. The van der Waals surface area contributed by atoms with Gasteiger partial charge in [-0.15, -0.1) is 11.3 Å². The molecule has 0 amide bonds. The highest BCUT2D eigenvalue weighted by Crippen LogP contribution is 2.33. The van der Waals surface area contributed by atoms with E-state index in [4.69, 9.17) is 4.98 Å². The number of fused-ring (bicyclic) bond motifs is 1. The molecule has 0 N–H and O–H groups in total. The second-order valence-electron chi connectivity index (χ2n) is 6.52. The van der Waals surface area contributed by atoms with Crippen molar-refractivity contribution in [2.75, 3.05) is 13.1 Å². The molecular weight excluding hydrogens is 334 g/mol. The molecule has 1 saturated heterocycles. The fraction of sp³-hybridized carbons (Fsp3) is 0.316. The molecular formula is C19H19N3O2S. The van der Waals surface area contributed by atoms with Crippen LogP contribution in [-0.2, 0) is 6.54 Å². The van der Waals surface area contributed by atoms with E-state index in [0.29, 0.717) is 5.92 Å². The van der Waals surface area contributed by atoms with Gasteiger partial charge in [-0.1, -0.05) is 24.3 Å². The minimum absolute atomic E-state index is 0.148. The van der Waals surface area contributed by atoms with Crippen molar-refractivity contribution < 1.29 is 4.92 Å². The largest absolute Gasteiger partial charge is 0.298 e. The number of rotatable bonds is 4. The van der Waals surface area contributed by atoms with Crippen LogP contribution in [0.3, 0.4) is 0 Å². The monoisotopic (exact) mass is 353 g/mol. The highest BCUT2D eigenvalue weighted by atomic mass is 32.1. The van der Waals surface area contributed by atoms with Crippen molar-refractivity contribution in [2.45, 2.75) is 25.3 Å². The molecule has 1 atom stereocenters. The molecule has 2 aromatic carbocycles. The van der Waals surface area contributed by atoms with Crippen molar-refractivity contribution in [2.24, 2.45) is 0 Å². The van der Waals surface area contributed by atoms with Gasteiger partial charge in [0.25, 0.3) is 5.69 Å². The van der Waals surface area contributed by atoms with Crippen molar-refractivity contribution in [3.05, 3.63) is 69.2 Å². The fourth-order valence-corrected chi connectivity index (χ4v) is 4.54. The van der Waals surface area contributed by atoms with Crippen molar-refractivity contribution >= 4 is 27.2 Å². The first-order valence-corrected chi connectivity index (χ1v) is 9.32. The number of nitrogens with zero attached hydrogens (tertiary/aromatic N) is 3. The topological polar surface area (TPSA) is 59.3 Å². The SMILES string of the molecule is O=[N+]([O-])c1ccc(CN2CCC[C@@H](c3nc4ccccc4s3)C2)cc1. The molecule has 3 aromatic rings.